The van der Waals surface area contributed by atoms with Crippen molar-refractivity contribution >= 4 is 8.07 Å². The molecule has 1 heterocycles. The number of hydrogen-bond acceptors (Lipinski definition) is 1. The first kappa shape index (κ1) is 20.0. The molecular formula is C20H41NSi. The van der Waals surface area contributed by atoms with E-state index in [9.17, 15) is 0 Å². The molecule has 0 radical (unpaired) electrons. The summed E-state index contributed by atoms with van der Waals surface area (Å²) in [6, 6.07) is 2.74. The Morgan fingerprint density at radius 1 is 0.773 bits per heavy atom. The summed E-state index contributed by atoms with van der Waals surface area (Å²) >= 11 is 0. The highest BCUT2D eigenvalue weighted by Crippen LogP contribution is 2.25. The second-order valence-electron chi connectivity index (χ2n) is 7.58. The lowest BCUT2D eigenvalue weighted by Crippen LogP contribution is -2.48. The molecule has 22 heavy (non-hydrogen) atoms. The second-order valence-corrected chi connectivity index (χ2v) is 12.7. The van der Waals surface area contributed by atoms with Gasteiger partial charge in [0.25, 0.3) is 0 Å². The Morgan fingerprint density at radius 2 is 1.14 bits per heavy atom. The maximum atomic E-state index is 4.39. The molecule has 1 aliphatic rings. The van der Waals surface area contributed by atoms with Crippen LogP contribution in [0.5, 0.6) is 0 Å². The van der Waals surface area contributed by atoms with Crippen molar-refractivity contribution in [3.63, 3.8) is 0 Å². The molecule has 0 aromatic heterocycles. The van der Waals surface area contributed by atoms with Gasteiger partial charge in [-0.15, -0.1) is 6.58 Å². The Morgan fingerprint density at radius 3 is 1.45 bits per heavy atom. The largest absolute Gasteiger partial charge is 0.306 e. The van der Waals surface area contributed by atoms with Gasteiger partial charge in [-0.1, -0.05) is 82.5 Å². The van der Waals surface area contributed by atoms with Crippen LogP contribution < -0.4 is 0 Å². The van der Waals surface area contributed by atoms with Gasteiger partial charge >= 0.3 is 0 Å². The maximum Gasteiger partial charge on any atom is 0.0941 e. The monoisotopic (exact) mass is 323 g/mol. The average molecular weight is 324 g/mol. The van der Waals surface area contributed by atoms with Crippen molar-refractivity contribution in [2.75, 3.05) is 19.3 Å². The standard InChI is InChI=1S/C20H41NSi/c1-5-22(6-2,20(3)4)19-21-17-15-13-11-9-7-8-10-12-14-16-18-21/h3,5-19H2,1-2,4H3. The van der Waals surface area contributed by atoms with Gasteiger partial charge in [-0.05, 0) is 39.0 Å². The van der Waals surface area contributed by atoms with E-state index in [1.807, 2.05) is 0 Å². The Labute approximate surface area is 141 Å². The molecule has 0 aromatic rings. The Kier molecular flexibility index (Phi) is 10.4. The van der Waals surface area contributed by atoms with E-state index in [4.69, 9.17) is 0 Å². The predicted octanol–water partition coefficient (Wildman–Crippen LogP) is 6.35. The molecule has 0 amide bonds. The summed E-state index contributed by atoms with van der Waals surface area (Å²) < 4.78 is 0. The minimum atomic E-state index is -1.28. The van der Waals surface area contributed by atoms with Gasteiger partial charge in [0.1, 0.15) is 0 Å². The zero-order valence-electron chi connectivity index (χ0n) is 15.8. The Bertz CT molecular complexity index is 282. The third-order valence-corrected chi connectivity index (χ3v) is 11.6. The average Bonchev–Trinajstić information content (AvgIpc) is 2.54. The first-order chi connectivity index (χ1) is 10.6. The summed E-state index contributed by atoms with van der Waals surface area (Å²) in [6.07, 6.45) is 15.9. The highest BCUT2D eigenvalue weighted by Gasteiger charge is 2.31. The highest BCUT2D eigenvalue weighted by atomic mass is 28.3. The second kappa shape index (κ2) is 11.5. The van der Waals surface area contributed by atoms with Crippen LogP contribution in [0.1, 0.15) is 85.0 Å². The van der Waals surface area contributed by atoms with E-state index < -0.39 is 8.07 Å². The van der Waals surface area contributed by atoms with Crippen molar-refractivity contribution < 1.29 is 0 Å². The molecule has 1 aliphatic heterocycles. The molecule has 0 spiro atoms. The van der Waals surface area contributed by atoms with E-state index >= 15 is 0 Å². The molecule has 0 saturated carbocycles. The van der Waals surface area contributed by atoms with Crippen molar-refractivity contribution in [1.29, 1.82) is 0 Å². The van der Waals surface area contributed by atoms with Crippen LogP contribution in [-0.4, -0.2) is 32.2 Å². The van der Waals surface area contributed by atoms with Gasteiger partial charge in [-0.25, -0.2) is 0 Å². The molecule has 0 bridgehead atoms. The Hall–Kier alpha value is -0.0831. The number of nitrogens with zero attached hydrogens (tertiary/aromatic N) is 1. The molecule has 1 saturated heterocycles. The van der Waals surface area contributed by atoms with Crippen molar-refractivity contribution in [3.8, 4) is 0 Å². The molecule has 130 valence electrons. The minimum absolute atomic E-state index is 1.28. The molecule has 1 fully saturated rings. The van der Waals surface area contributed by atoms with Crippen molar-refractivity contribution in [3.05, 3.63) is 11.8 Å². The van der Waals surface area contributed by atoms with Crippen LogP contribution in [0.2, 0.25) is 12.1 Å². The van der Waals surface area contributed by atoms with Crippen molar-refractivity contribution in [2.45, 2.75) is 97.1 Å². The third-order valence-electron chi connectivity index (χ3n) is 5.98. The van der Waals surface area contributed by atoms with E-state index in [1.54, 1.807) is 0 Å². The SMILES string of the molecule is C=C(C)[Si](CC)(CC)CN1CCCCCCCCCCCC1. The molecule has 0 unspecified atom stereocenters. The smallest absolute Gasteiger partial charge is 0.0941 e. The lowest BCUT2D eigenvalue weighted by molar-refractivity contribution is 0.295. The minimum Gasteiger partial charge on any atom is -0.306 e. The summed E-state index contributed by atoms with van der Waals surface area (Å²) in [6.45, 7) is 14.2. The van der Waals surface area contributed by atoms with Crippen LogP contribution in [0.25, 0.3) is 0 Å². The summed E-state index contributed by atoms with van der Waals surface area (Å²) in [7, 11) is -1.28. The van der Waals surface area contributed by atoms with Crippen molar-refractivity contribution in [2.24, 2.45) is 0 Å². The lowest BCUT2D eigenvalue weighted by atomic mass is 10.1. The van der Waals surface area contributed by atoms with E-state index in [1.165, 1.54) is 101 Å². The summed E-state index contributed by atoms with van der Waals surface area (Å²) in [5.41, 5.74) is 0. The van der Waals surface area contributed by atoms with Crippen LogP contribution >= 0.6 is 0 Å². The first-order valence-electron chi connectivity index (χ1n) is 10.0. The van der Waals surface area contributed by atoms with Crippen LogP contribution in [0.4, 0.5) is 0 Å². The van der Waals surface area contributed by atoms with Gasteiger partial charge in [0, 0.05) is 0 Å². The topological polar surface area (TPSA) is 3.24 Å². The zero-order chi connectivity index (χ0) is 16.3. The molecule has 0 N–H and O–H groups in total. The van der Waals surface area contributed by atoms with Crippen LogP contribution in [0.15, 0.2) is 11.8 Å². The van der Waals surface area contributed by atoms with Gasteiger partial charge in [0.05, 0.1) is 8.07 Å². The molecule has 0 aromatic carbocycles. The van der Waals surface area contributed by atoms with Crippen LogP contribution in [-0.2, 0) is 0 Å². The van der Waals surface area contributed by atoms with E-state index in [0.717, 1.165) is 0 Å². The quantitative estimate of drug-likeness (QED) is 0.533. The number of hydrogen-bond donors (Lipinski definition) is 0. The lowest BCUT2D eigenvalue weighted by Gasteiger charge is -2.36. The van der Waals surface area contributed by atoms with E-state index in [-0.39, 0.29) is 0 Å². The van der Waals surface area contributed by atoms with Gasteiger partial charge in [0.2, 0.25) is 0 Å². The van der Waals surface area contributed by atoms with Gasteiger partial charge in [-0.3, -0.25) is 0 Å². The van der Waals surface area contributed by atoms with Crippen LogP contribution in [0.3, 0.4) is 0 Å². The number of rotatable bonds is 5. The maximum absolute atomic E-state index is 4.39. The molecule has 2 heteroatoms. The fourth-order valence-corrected chi connectivity index (χ4v) is 7.59. The van der Waals surface area contributed by atoms with E-state index in [0.29, 0.717) is 0 Å². The van der Waals surface area contributed by atoms with Gasteiger partial charge < -0.3 is 4.90 Å². The zero-order valence-corrected chi connectivity index (χ0v) is 16.8. The molecule has 0 aliphatic carbocycles. The summed E-state index contributed by atoms with van der Waals surface area (Å²) in [5, 5.41) is 1.53. The van der Waals surface area contributed by atoms with Crippen molar-refractivity contribution in [1.82, 2.24) is 4.90 Å². The summed E-state index contributed by atoms with van der Waals surface area (Å²) in [4.78, 5) is 2.83. The molecule has 1 rings (SSSR count). The Balaban J connectivity index is 2.59. The number of allylic oxidation sites excluding steroid dienone is 1. The van der Waals surface area contributed by atoms with Crippen LogP contribution in [0, 0.1) is 0 Å². The van der Waals surface area contributed by atoms with Gasteiger partial charge in [0.15, 0.2) is 0 Å². The van der Waals surface area contributed by atoms with E-state index in [2.05, 4.69) is 32.3 Å². The van der Waals surface area contributed by atoms with Gasteiger partial charge in [-0.2, -0.15) is 0 Å². The fraction of sp³-hybridized carbons (Fsp3) is 0.900. The highest BCUT2D eigenvalue weighted by molar-refractivity contribution is 6.86. The molecule has 1 nitrogen and oxygen atoms in total. The third kappa shape index (κ3) is 7.00. The summed E-state index contributed by atoms with van der Waals surface area (Å²) in [5.74, 6) is 0. The molecular weight excluding hydrogens is 282 g/mol. The normalized spacial score (nSPS) is 20.7. The fourth-order valence-electron chi connectivity index (χ4n) is 4.00. The predicted molar refractivity (Wildman–Crippen MR) is 104 cm³/mol. The first-order valence-corrected chi connectivity index (χ1v) is 12.6. The molecule has 0 atom stereocenters.